The lowest BCUT2D eigenvalue weighted by Gasteiger charge is -2.02. The summed E-state index contributed by atoms with van der Waals surface area (Å²) in [7, 11) is 0. The zero-order chi connectivity index (χ0) is 13.7. The molecule has 2 heterocycles. The smallest absolute Gasteiger partial charge is 0.246 e. The van der Waals surface area contributed by atoms with Crippen LogP contribution in [0.4, 0.5) is 5.69 Å². The Balaban J connectivity index is 1.86. The first-order valence-electron chi connectivity index (χ1n) is 6.07. The summed E-state index contributed by atoms with van der Waals surface area (Å²) in [5, 5.41) is 11.0. The molecule has 0 aliphatic heterocycles. The minimum Gasteiger partial charge on any atom is -0.360 e. The molecule has 1 amide bonds. The van der Waals surface area contributed by atoms with Gasteiger partial charge in [0.1, 0.15) is 13.3 Å². The maximum atomic E-state index is 11.8. The summed E-state index contributed by atoms with van der Waals surface area (Å²) in [5.74, 6) is -0.140. The van der Waals surface area contributed by atoms with Crippen molar-refractivity contribution in [3.63, 3.8) is 0 Å². The van der Waals surface area contributed by atoms with Crippen LogP contribution in [0, 0.1) is 6.92 Å². The second-order valence-electron chi connectivity index (χ2n) is 4.09. The average Bonchev–Trinajstić information content (AvgIpc) is 2.96. The number of aromatic nitrogens is 4. The second kappa shape index (κ2) is 6.14. The highest BCUT2D eigenvalue weighted by molar-refractivity contribution is 5.90. The summed E-state index contributed by atoms with van der Waals surface area (Å²) in [6.07, 6.45) is 5.08. The van der Waals surface area contributed by atoms with Crippen LogP contribution in [0.3, 0.4) is 0 Å². The van der Waals surface area contributed by atoms with E-state index in [2.05, 4.69) is 15.5 Å². The Morgan fingerprint density at radius 3 is 3.00 bits per heavy atom. The van der Waals surface area contributed by atoms with Crippen molar-refractivity contribution in [2.75, 3.05) is 11.9 Å². The van der Waals surface area contributed by atoms with Crippen LogP contribution in [0.2, 0.25) is 0 Å². The van der Waals surface area contributed by atoms with Gasteiger partial charge in [0.2, 0.25) is 5.91 Å². The molecule has 0 spiro atoms. The van der Waals surface area contributed by atoms with Crippen molar-refractivity contribution < 1.29 is 9.53 Å². The van der Waals surface area contributed by atoms with Gasteiger partial charge in [-0.2, -0.15) is 10.2 Å². The van der Waals surface area contributed by atoms with Gasteiger partial charge in [0.15, 0.2) is 0 Å². The van der Waals surface area contributed by atoms with E-state index in [1.807, 2.05) is 19.9 Å². The molecule has 102 valence electrons. The van der Waals surface area contributed by atoms with Gasteiger partial charge in [0.05, 0.1) is 23.8 Å². The number of hydrogen-bond acceptors (Lipinski definition) is 4. The maximum absolute atomic E-state index is 11.8. The molecule has 0 atom stereocenters. The molecule has 0 bridgehead atoms. The highest BCUT2D eigenvalue weighted by atomic mass is 16.5. The predicted octanol–water partition coefficient (Wildman–Crippen LogP) is 1.02. The lowest BCUT2D eigenvalue weighted by atomic mass is 10.5. The predicted molar refractivity (Wildman–Crippen MR) is 69.4 cm³/mol. The Labute approximate surface area is 111 Å². The topological polar surface area (TPSA) is 74.0 Å². The quantitative estimate of drug-likeness (QED) is 0.844. The average molecular weight is 263 g/mol. The fourth-order valence-electron chi connectivity index (χ4n) is 1.58. The summed E-state index contributed by atoms with van der Waals surface area (Å²) in [6, 6.07) is 1.85. The van der Waals surface area contributed by atoms with Gasteiger partial charge in [-0.1, -0.05) is 0 Å². The highest BCUT2D eigenvalue weighted by Crippen LogP contribution is 2.05. The minimum atomic E-state index is -0.140. The van der Waals surface area contributed by atoms with Gasteiger partial charge in [-0.3, -0.25) is 9.48 Å². The number of nitrogens with zero attached hydrogens (tertiary/aromatic N) is 4. The van der Waals surface area contributed by atoms with Gasteiger partial charge in [0.25, 0.3) is 0 Å². The van der Waals surface area contributed by atoms with Crippen molar-refractivity contribution in [2.45, 2.75) is 27.1 Å². The number of hydrogen-bond donors (Lipinski definition) is 1. The molecule has 1 N–H and O–H groups in total. The Hall–Kier alpha value is -2.15. The number of nitrogens with one attached hydrogen (secondary N) is 1. The molecule has 0 fully saturated rings. The maximum Gasteiger partial charge on any atom is 0.246 e. The number of amides is 1. The van der Waals surface area contributed by atoms with E-state index < -0.39 is 0 Å². The molecule has 19 heavy (non-hydrogen) atoms. The first-order chi connectivity index (χ1) is 9.17. The third-order valence-corrected chi connectivity index (χ3v) is 2.42. The van der Waals surface area contributed by atoms with E-state index in [0.29, 0.717) is 19.0 Å². The first-order valence-corrected chi connectivity index (χ1v) is 6.07. The van der Waals surface area contributed by atoms with Crippen LogP contribution in [0.15, 0.2) is 24.7 Å². The normalized spacial score (nSPS) is 10.6. The van der Waals surface area contributed by atoms with Crippen molar-refractivity contribution in [3.05, 3.63) is 30.4 Å². The second-order valence-corrected chi connectivity index (χ2v) is 4.09. The van der Waals surface area contributed by atoms with Crippen molar-refractivity contribution >= 4 is 11.6 Å². The molecule has 2 aromatic heterocycles. The van der Waals surface area contributed by atoms with E-state index in [1.165, 1.54) is 0 Å². The van der Waals surface area contributed by atoms with Gasteiger partial charge in [-0.05, 0) is 19.9 Å². The molecule has 7 heteroatoms. The highest BCUT2D eigenvalue weighted by Gasteiger charge is 2.06. The lowest BCUT2D eigenvalue weighted by Crippen LogP contribution is -2.18. The number of rotatable bonds is 6. The summed E-state index contributed by atoms with van der Waals surface area (Å²) >= 11 is 0. The SMILES string of the molecule is CCOCn1cc(NC(=O)Cn2ccc(C)n2)cn1. The van der Waals surface area contributed by atoms with Crippen LogP contribution >= 0.6 is 0 Å². The number of carbonyl (C=O) groups excluding carboxylic acids is 1. The Morgan fingerprint density at radius 1 is 1.47 bits per heavy atom. The monoisotopic (exact) mass is 263 g/mol. The van der Waals surface area contributed by atoms with Crippen molar-refractivity contribution in [1.29, 1.82) is 0 Å². The third-order valence-electron chi connectivity index (χ3n) is 2.42. The molecule has 0 aromatic carbocycles. The molecule has 0 saturated carbocycles. The molecule has 0 unspecified atom stereocenters. The van der Waals surface area contributed by atoms with Crippen LogP contribution in [-0.2, 0) is 22.8 Å². The number of aryl methyl sites for hydroxylation is 1. The fourth-order valence-corrected chi connectivity index (χ4v) is 1.58. The van der Waals surface area contributed by atoms with Gasteiger partial charge in [-0.25, -0.2) is 4.68 Å². The molecule has 2 rings (SSSR count). The fraction of sp³-hybridized carbons (Fsp3) is 0.417. The van der Waals surface area contributed by atoms with E-state index in [1.54, 1.807) is 28.0 Å². The molecule has 0 aliphatic carbocycles. The Bertz CT molecular complexity index is 546. The summed E-state index contributed by atoms with van der Waals surface area (Å²) in [4.78, 5) is 11.8. The van der Waals surface area contributed by atoms with Crippen LogP contribution in [0.1, 0.15) is 12.6 Å². The van der Waals surface area contributed by atoms with E-state index >= 15 is 0 Å². The summed E-state index contributed by atoms with van der Waals surface area (Å²) < 4.78 is 8.42. The minimum absolute atomic E-state index is 0.140. The zero-order valence-electron chi connectivity index (χ0n) is 11.0. The van der Waals surface area contributed by atoms with Gasteiger partial charge in [0, 0.05) is 12.8 Å². The third kappa shape index (κ3) is 3.92. The van der Waals surface area contributed by atoms with E-state index in [9.17, 15) is 4.79 Å². The van der Waals surface area contributed by atoms with Crippen LogP contribution < -0.4 is 5.32 Å². The molecule has 0 saturated heterocycles. The molecule has 0 radical (unpaired) electrons. The largest absolute Gasteiger partial charge is 0.360 e. The first kappa shape index (κ1) is 13.3. The Kier molecular flexibility index (Phi) is 4.30. The summed E-state index contributed by atoms with van der Waals surface area (Å²) in [6.45, 7) is 4.99. The van der Waals surface area contributed by atoms with Gasteiger partial charge in [-0.15, -0.1) is 0 Å². The number of carbonyl (C=O) groups is 1. The van der Waals surface area contributed by atoms with E-state index in [-0.39, 0.29) is 12.5 Å². The molecule has 2 aromatic rings. The van der Waals surface area contributed by atoms with Crippen molar-refractivity contribution in [2.24, 2.45) is 0 Å². The van der Waals surface area contributed by atoms with Crippen LogP contribution in [-0.4, -0.2) is 32.1 Å². The molecular weight excluding hydrogens is 246 g/mol. The zero-order valence-corrected chi connectivity index (χ0v) is 11.0. The molecular formula is C12H17N5O2. The standard InChI is InChI=1S/C12H17N5O2/c1-3-19-9-17-7-11(6-13-17)14-12(18)8-16-5-4-10(2)15-16/h4-7H,3,8-9H2,1-2H3,(H,14,18). The number of anilines is 1. The lowest BCUT2D eigenvalue weighted by molar-refractivity contribution is -0.116. The van der Waals surface area contributed by atoms with E-state index in [0.717, 1.165) is 5.69 Å². The van der Waals surface area contributed by atoms with Crippen LogP contribution in [0.5, 0.6) is 0 Å². The van der Waals surface area contributed by atoms with E-state index in [4.69, 9.17) is 4.74 Å². The van der Waals surface area contributed by atoms with Gasteiger partial charge < -0.3 is 10.1 Å². The molecule has 0 aliphatic rings. The van der Waals surface area contributed by atoms with Gasteiger partial charge >= 0.3 is 0 Å². The van der Waals surface area contributed by atoms with Crippen molar-refractivity contribution in [3.8, 4) is 0 Å². The van der Waals surface area contributed by atoms with Crippen LogP contribution in [0.25, 0.3) is 0 Å². The Morgan fingerprint density at radius 2 is 2.32 bits per heavy atom. The number of ether oxygens (including phenoxy) is 1. The molecule has 7 nitrogen and oxygen atoms in total. The summed E-state index contributed by atoms with van der Waals surface area (Å²) in [5.41, 5.74) is 1.53. The van der Waals surface area contributed by atoms with Crippen molar-refractivity contribution in [1.82, 2.24) is 19.6 Å².